The molecule has 0 saturated carbocycles. The number of likely N-dealkylation sites (N-methyl/N-ethyl adjacent to an activating group) is 1. The summed E-state index contributed by atoms with van der Waals surface area (Å²) in [5, 5.41) is 3.37. The SMILES string of the molecule is COc1ccccc1C1NC(C)C(=O)N1CC(C)N(C)C. The number of benzene rings is 1. The van der Waals surface area contributed by atoms with E-state index >= 15 is 0 Å². The van der Waals surface area contributed by atoms with Crippen LogP contribution in [0.3, 0.4) is 0 Å². The smallest absolute Gasteiger partial charge is 0.241 e. The lowest BCUT2D eigenvalue weighted by Gasteiger charge is -2.30. The van der Waals surface area contributed by atoms with Gasteiger partial charge in [-0.3, -0.25) is 10.1 Å². The summed E-state index contributed by atoms with van der Waals surface area (Å²) in [6.45, 7) is 4.71. The van der Waals surface area contributed by atoms with Gasteiger partial charge in [0.05, 0.1) is 13.2 Å². The van der Waals surface area contributed by atoms with Gasteiger partial charge >= 0.3 is 0 Å². The first kappa shape index (κ1) is 15.8. The van der Waals surface area contributed by atoms with Gasteiger partial charge < -0.3 is 14.5 Å². The van der Waals surface area contributed by atoms with Gasteiger partial charge in [-0.2, -0.15) is 0 Å². The normalized spacial score (nSPS) is 23.7. The third-order valence-corrected chi connectivity index (χ3v) is 4.15. The lowest BCUT2D eigenvalue weighted by Crippen LogP contribution is -2.41. The van der Waals surface area contributed by atoms with Crippen molar-refractivity contribution in [1.82, 2.24) is 15.1 Å². The fourth-order valence-corrected chi connectivity index (χ4v) is 2.57. The van der Waals surface area contributed by atoms with Crippen molar-refractivity contribution in [2.45, 2.75) is 32.1 Å². The van der Waals surface area contributed by atoms with E-state index in [9.17, 15) is 4.79 Å². The first-order valence-corrected chi connectivity index (χ1v) is 7.31. The van der Waals surface area contributed by atoms with E-state index in [2.05, 4.69) is 17.1 Å². The third-order valence-electron chi connectivity index (χ3n) is 4.15. The zero-order chi connectivity index (χ0) is 15.6. The molecule has 5 nitrogen and oxygen atoms in total. The van der Waals surface area contributed by atoms with Crippen molar-refractivity contribution < 1.29 is 9.53 Å². The molecule has 1 heterocycles. The van der Waals surface area contributed by atoms with E-state index in [0.717, 1.165) is 11.3 Å². The van der Waals surface area contributed by atoms with Crippen LogP contribution in [0.1, 0.15) is 25.6 Å². The molecule has 2 rings (SSSR count). The number of hydrogen-bond donors (Lipinski definition) is 1. The molecule has 1 aromatic carbocycles. The van der Waals surface area contributed by atoms with Crippen LogP contribution in [0.25, 0.3) is 0 Å². The van der Waals surface area contributed by atoms with Gasteiger partial charge in [0.1, 0.15) is 11.9 Å². The Balaban J connectivity index is 2.29. The van der Waals surface area contributed by atoms with Crippen molar-refractivity contribution in [3.8, 4) is 5.75 Å². The minimum Gasteiger partial charge on any atom is -0.496 e. The number of methoxy groups -OCH3 is 1. The number of carbonyl (C=O) groups is 1. The second-order valence-corrected chi connectivity index (χ2v) is 5.84. The summed E-state index contributed by atoms with van der Waals surface area (Å²) < 4.78 is 5.44. The summed E-state index contributed by atoms with van der Waals surface area (Å²) in [4.78, 5) is 16.5. The average Bonchev–Trinajstić information content (AvgIpc) is 2.75. The molecule has 0 spiro atoms. The summed E-state index contributed by atoms with van der Waals surface area (Å²) >= 11 is 0. The van der Waals surface area contributed by atoms with E-state index in [4.69, 9.17) is 4.74 Å². The highest BCUT2D eigenvalue weighted by Gasteiger charge is 2.38. The van der Waals surface area contributed by atoms with Gasteiger partial charge in [0, 0.05) is 18.2 Å². The van der Waals surface area contributed by atoms with Crippen LogP contribution in [0.2, 0.25) is 0 Å². The van der Waals surface area contributed by atoms with Crippen LogP contribution < -0.4 is 10.1 Å². The maximum atomic E-state index is 12.5. The summed E-state index contributed by atoms with van der Waals surface area (Å²) in [6, 6.07) is 7.97. The third kappa shape index (κ3) is 3.19. The summed E-state index contributed by atoms with van der Waals surface area (Å²) in [5.41, 5.74) is 1.00. The van der Waals surface area contributed by atoms with Crippen LogP contribution in [-0.2, 0) is 4.79 Å². The van der Waals surface area contributed by atoms with Crippen molar-refractivity contribution in [2.24, 2.45) is 0 Å². The zero-order valence-electron chi connectivity index (χ0n) is 13.5. The number of amides is 1. The van der Waals surface area contributed by atoms with E-state index in [1.165, 1.54) is 0 Å². The molecule has 1 fully saturated rings. The molecule has 1 aromatic rings. The van der Waals surface area contributed by atoms with Crippen LogP contribution in [0.15, 0.2) is 24.3 Å². The van der Waals surface area contributed by atoms with Gasteiger partial charge in [0.2, 0.25) is 5.91 Å². The molecule has 0 radical (unpaired) electrons. The van der Waals surface area contributed by atoms with Gasteiger partial charge in [0.15, 0.2) is 0 Å². The molecular formula is C16H25N3O2. The Morgan fingerprint density at radius 3 is 2.67 bits per heavy atom. The second-order valence-electron chi connectivity index (χ2n) is 5.84. The number of carbonyl (C=O) groups excluding carboxylic acids is 1. The molecule has 1 aliphatic heterocycles. The topological polar surface area (TPSA) is 44.8 Å². The Bertz CT molecular complexity index is 504. The fraction of sp³-hybridized carbons (Fsp3) is 0.562. The number of para-hydroxylation sites is 1. The van der Waals surface area contributed by atoms with E-state index < -0.39 is 0 Å². The maximum Gasteiger partial charge on any atom is 0.241 e. The Labute approximate surface area is 126 Å². The number of hydrogen-bond acceptors (Lipinski definition) is 4. The molecule has 0 aromatic heterocycles. The van der Waals surface area contributed by atoms with Crippen molar-refractivity contribution in [3.63, 3.8) is 0 Å². The van der Waals surface area contributed by atoms with Crippen LogP contribution in [-0.4, -0.2) is 55.5 Å². The average molecular weight is 291 g/mol. The Morgan fingerprint density at radius 1 is 1.38 bits per heavy atom. The minimum absolute atomic E-state index is 0.133. The molecular weight excluding hydrogens is 266 g/mol. The standard InChI is InChI=1S/C16H25N3O2/c1-11(18(3)4)10-19-15(17-12(2)16(19)20)13-8-6-7-9-14(13)21-5/h6-9,11-12,15,17H,10H2,1-5H3. The number of rotatable bonds is 5. The lowest BCUT2D eigenvalue weighted by atomic mass is 10.1. The van der Waals surface area contributed by atoms with Gasteiger partial charge in [0.25, 0.3) is 0 Å². The molecule has 1 amide bonds. The van der Waals surface area contributed by atoms with Crippen molar-refractivity contribution in [2.75, 3.05) is 27.7 Å². The molecule has 0 aliphatic carbocycles. The Kier molecular flexibility index (Phi) is 4.85. The molecule has 1 aliphatic rings. The minimum atomic E-state index is -0.172. The van der Waals surface area contributed by atoms with Gasteiger partial charge in [-0.05, 0) is 34.0 Å². The highest BCUT2D eigenvalue weighted by molar-refractivity contribution is 5.84. The van der Waals surface area contributed by atoms with Crippen LogP contribution in [0.4, 0.5) is 0 Å². The molecule has 116 valence electrons. The quantitative estimate of drug-likeness (QED) is 0.892. The zero-order valence-corrected chi connectivity index (χ0v) is 13.5. The number of nitrogens with one attached hydrogen (secondary N) is 1. The van der Waals surface area contributed by atoms with Gasteiger partial charge in [-0.25, -0.2) is 0 Å². The second kappa shape index (κ2) is 6.45. The van der Waals surface area contributed by atoms with Gasteiger partial charge in [-0.1, -0.05) is 18.2 Å². The first-order valence-electron chi connectivity index (χ1n) is 7.31. The Morgan fingerprint density at radius 2 is 2.05 bits per heavy atom. The van der Waals surface area contributed by atoms with Crippen molar-refractivity contribution in [3.05, 3.63) is 29.8 Å². The van der Waals surface area contributed by atoms with E-state index in [1.54, 1.807) is 7.11 Å². The summed E-state index contributed by atoms with van der Waals surface area (Å²) in [6.07, 6.45) is -0.133. The molecule has 3 atom stereocenters. The monoisotopic (exact) mass is 291 g/mol. The predicted octanol–water partition coefficient (Wildman–Crippen LogP) is 1.46. The largest absolute Gasteiger partial charge is 0.496 e. The first-order chi connectivity index (χ1) is 9.95. The van der Waals surface area contributed by atoms with Gasteiger partial charge in [-0.15, -0.1) is 0 Å². The Hall–Kier alpha value is -1.59. The highest BCUT2D eigenvalue weighted by atomic mass is 16.5. The number of ether oxygens (including phenoxy) is 1. The van der Waals surface area contributed by atoms with Crippen molar-refractivity contribution >= 4 is 5.91 Å². The number of nitrogens with zero attached hydrogens (tertiary/aromatic N) is 2. The highest BCUT2D eigenvalue weighted by Crippen LogP contribution is 2.31. The van der Waals surface area contributed by atoms with Crippen LogP contribution in [0, 0.1) is 0 Å². The van der Waals surface area contributed by atoms with Crippen LogP contribution >= 0.6 is 0 Å². The van der Waals surface area contributed by atoms with Crippen LogP contribution in [0.5, 0.6) is 5.75 Å². The molecule has 1 saturated heterocycles. The van der Waals surface area contributed by atoms with Crippen molar-refractivity contribution in [1.29, 1.82) is 0 Å². The summed E-state index contributed by atoms with van der Waals surface area (Å²) in [7, 11) is 5.71. The predicted molar refractivity (Wildman–Crippen MR) is 83.2 cm³/mol. The summed E-state index contributed by atoms with van der Waals surface area (Å²) in [5.74, 6) is 0.944. The fourth-order valence-electron chi connectivity index (χ4n) is 2.57. The molecule has 1 N–H and O–H groups in total. The molecule has 21 heavy (non-hydrogen) atoms. The molecule has 0 bridgehead atoms. The maximum absolute atomic E-state index is 12.5. The molecule has 5 heteroatoms. The lowest BCUT2D eigenvalue weighted by molar-refractivity contribution is -0.130. The van der Waals surface area contributed by atoms with E-state index in [-0.39, 0.29) is 18.1 Å². The molecule has 3 unspecified atom stereocenters. The van der Waals surface area contributed by atoms with E-state index in [1.807, 2.05) is 50.2 Å². The van der Waals surface area contributed by atoms with E-state index in [0.29, 0.717) is 12.6 Å².